The van der Waals surface area contributed by atoms with Crippen LogP contribution in [0.4, 0.5) is 4.39 Å². The highest BCUT2D eigenvalue weighted by molar-refractivity contribution is 7.89. The minimum absolute atomic E-state index is 0.0488. The molecule has 0 amide bonds. The monoisotopic (exact) mass is 272 g/mol. The minimum Gasteiger partial charge on any atom is -0.211 e. The van der Waals surface area contributed by atoms with E-state index in [1.54, 1.807) is 0 Å². The van der Waals surface area contributed by atoms with Crippen molar-refractivity contribution in [3.8, 4) is 0 Å². The molecule has 0 aliphatic rings. The quantitative estimate of drug-likeness (QED) is 0.371. The third-order valence-corrected chi connectivity index (χ3v) is 3.84. The van der Waals surface area contributed by atoms with Gasteiger partial charge in [0.25, 0.3) is 0 Å². The molecule has 1 N–H and O–H groups in total. The van der Waals surface area contributed by atoms with Crippen molar-refractivity contribution in [3.05, 3.63) is 40.0 Å². The summed E-state index contributed by atoms with van der Waals surface area (Å²) in [7, 11) is -3.65. The molecule has 0 unspecified atom stereocenters. The first kappa shape index (κ1) is 14.4. The maximum Gasteiger partial charge on any atom is 0.240 e. The van der Waals surface area contributed by atoms with Crippen LogP contribution in [0.2, 0.25) is 0 Å². The number of sulfonamides is 1. The second-order valence-electron chi connectivity index (χ2n) is 3.62. The summed E-state index contributed by atoms with van der Waals surface area (Å²) in [5, 5.41) is 3.29. The fourth-order valence-corrected chi connectivity index (χ4v) is 2.69. The van der Waals surface area contributed by atoms with E-state index in [0.29, 0.717) is 12.0 Å². The highest BCUT2D eigenvalue weighted by atomic mass is 32.2. The van der Waals surface area contributed by atoms with Gasteiger partial charge in [-0.15, -0.1) is 0 Å². The van der Waals surface area contributed by atoms with Gasteiger partial charge in [-0.05, 0) is 42.6 Å². The predicted octanol–water partition coefficient (Wildman–Crippen LogP) is 2.11. The Morgan fingerprint density at radius 1 is 1.50 bits per heavy atom. The van der Waals surface area contributed by atoms with Gasteiger partial charge in [-0.1, -0.05) is 5.11 Å². The molecule has 0 aliphatic carbocycles. The highest BCUT2D eigenvalue weighted by Gasteiger charge is 2.16. The van der Waals surface area contributed by atoms with Gasteiger partial charge in [-0.3, -0.25) is 0 Å². The minimum atomic E-state index is -3.65. The van der Waals surface area contributed by atoms with Crippen molar-refractivity contribution in [2.45, 2.75) is 18.2 Å². The SMILES string of the molecule is Cc1cc(F)ccc1S(=O)(=O)NCCCN=[N+]=[N-]. The van der Waals surface area contributed by atoms with Crippen LogP contribution >= 0.6 is 0 Å². The molecule has 0 bridgehead atoms. The first-order chi connectivity index (χ1) is 8.47. The largest absolute Gasteiger partial charge is 0.240 e. The van der Waals surface area contributed by atoms with Crippen LogP contribution in [0.1, 0.15) is 12.0 Å². The lowest BCUT2D eigenvalue weighted by Crippen LogP contribution is -2.25. The van der Waals surface area contributed by atoms with Gasteiger partial charge < -0.3 is 0 Å². The molecule has 1 rings (SSSR count). The second-order valence-corrected chi connectivity index (χ2v) is 5.35. The topological polar surface area (TPSA) is 94.9 Å². The van der Waals surface area contributed by atoms with Gasteiger partial charge in [0, 0.05) is 18.0 Å². The van der Waals surface area contributed by atoms with E-state index in [9.17, 15) is 12.8 Å². The summed E-state index contributed by atoms with van der Waals surface area (Å²) in [6.07, 6.45) is 0.406. The number of nitrogens with zero attached hydrogens (tertiary/aromatic N) is 3. The van der Waals surface area contributed by atoms with Crippen LogP contribution in [-0.2, 0) is 10.0 Å². The van der Waals surface area contributed by atoms with Crippen LogP contribution in [-0.4, -0.2) is 21.5 Å². The van der Waals surface area contributed by atoms with Crippen molar-refractivity contribution in [3.63, 3.8) is 0 Å². The molecule has 8 heteroatoms. The van der Waals surface area contributed by atoms with E-state index >= 15 is 0 Å². The second kappa shape index (κ2) is 6.34. The van der Waals surface area contributed by atoms with Crippen molar-refractivity contribution in [1.29, 1.82) is 0 Å². The Kier molecular flexibility index (Phi) is 5.08. The highest BCUT2D eigenvalue weighted by Crippen LogP contribution is 2.15. The molecule has 1 aromatic carbocycles. The summed E-state index contributed by atoms with van der Waals surface area (Å²) < 4.78 is 38.9. The number of hydrogen-bond donors (Lipinski definition) is 1. The molecule has 0 spiro atoms. The smallest absolute Gasteiger partial charge is 0.211 e. The van der Waals surface area contributed by atoms with Gasteiger partial charge in [-0.2, -0.15) is 0 Å². The van der Waals surface area contributed by atoms with Crippen LogP contribution in [0.3, 0.4) is 0 Å². The summed E-state index contributed by atoms with van der Waals surface area (Å²) in [6, 6.07) is 3.48. The molecule has 0 aromatic heterocycles. The van der Waals surface area contributed by atoms with E-state index in [-0.39, 0.29) is 18.0 Å². The standard InChI is InChI=1S/C10H13FN4O2S/c1-8-7-9(11)3-4-10(8)18(16,17)14-6-2-5-13-15-12/h3-4,7,14H,2,5-6H2,1H3. The zero-order valence-electron chi connectivity index (χ0n) is 9.80. The first-order valence-electron chi connectivity index (χ1n) is 5.24. The Bertz CT molecular complexity index is 567. The average Bonchev–Trinajstić information content (AvgIpc) is 2.28. The number of azide groups is 1. The lowest BCUT2D eigenvalue weighted by Gasteiger charge is -2.08. The average molecular weight is 272 g/mol. The molecule has 18 heavy (non-hydrogen) atoms. The van der Waals surface area contributed by atoms with E-state index in [4.69, 9.17) is 5.53 Å². The Balaban J connectivity index is 2.71. The number of nitrogens with one attached hydrogen (secondary N) is 1. The Labute approximate surface area is 105 Å². The number of halogens is 1. The summed E-state index contributed by atoms with van der Waals surface area (Å²) >= 11 is 0. The molecule has 0 heterocycles. The Morgan fingerprint density at radius 3 is 2.83 bits per heavy atom. The fourth-order valence-electron chi connectivity index (χ4n) is 1.39. The van der Waals surface area contributed by atoms with Crippen molar-refractivity contribution in [2.75, 3.05) is 13.1 Å². The molecule has 0 fully saturated rings. The summed E-state index contributed by atoms with van der Waals surface area (Å²) in [5.41, 5.74) is 8.39. The number of rotatable bonds is 6. The summed E-state index contributed by atoms with van der Waals surface area (Å²) in [5.74, 6) is -0.477. The number of aryl methyl sites for hydroxylation is 1. The van der Waals surface area contributed by atoms with Crippen LogP contribution in [0.15, 0.2) is 28.2 Å². The maximum atomic E-state index is 12.9. The zero-order valence-corrected chi connectivity index (χ0v) is 10.6. The Hall–Kier alpha value is -1.63. The fraction of sp³-hybridized carbons (Fsp3) is 0.400. The van der Waals surface area contributed by atoms with Crippen molar-refractivity contribution in [2.24, 2.45) is 5.11 Å². The van der Waals surface area contributed by atoms with Gasteiger partial charge in [0.15, 0.2) is 0 Å². The van der Waals surface area contributed by atoms with Crippen molar-refractivity contribution >= 4 is 10.0 Å². The molecule has 98 valence electrons. The number of hydrogen-bond acceptors (Lipinski definition) is 3. The molecule has 6 nitrogen and oxygen atoms in total. The first-order valence-corrected chi connectivity index (χ1v) is 6.72. The van der Waals surface area contributed by atoms with E-state index < -0.39 is 15.8 Å². The van der Waals surface area contributed by atoms with Crippen LogP contribution in [0.25, 0.3) is 10.4 Å². The van der Waals surface area contributed by atoms with Crippen molar-refractivity contribution < 1.29 is 12.8 Å². The van der Waals surface area contributed by atoms with E-state index in [1.807, 2.05) is 0 Å². The summed E-state index contributed by atoms with van der Waals surface area (Å²) in [4.78, 5) is 2.61. The third-order valence-electron chi connectivity index (χ3n) is 2.22. The molecule has 0 atom stereocenters. The maximum absolute atomic E-state index is 12.9. The van der Waals surface area contributed by atoms with E-state index in [2.05, 4.69) is 14.7 Å². The van der Waals surface area contributed by atoms with Gasteiger partial charge in [-0.25, -0.2) is 17.5 Å². The third kappa shape index (κ3) is 3.99. The molecule has 0 saturated heterocycles. The van der Waals surface area contributed by atoms with Gasteiger partial charge >= 0.3 is 0 Å². The molecular weight excluding hydrogens is 259 g/mol. The van der Waals surface area contributed by atoms with Crippen molar-refractivity contribution in [1.82, 2.24) is 4.72 Å². The van der Waals surface area contributed by atoms with Crippen LogP contribution < -0.4 is 4.72 Å². The zero-order chi connectivity index (χ0) is 13.6. The van der Waals surface area contributed by atoms with Gasteiger partial charge in [0.2, 0.25) is 10.0 Å². The lowest BCUT2D eigenvalue weighted by molar-refractivity contribution is 0.577. The molecule has 0 radical (unpaired) electrons. The number of benzene rings is 1. The summed E-state index contributed by atoms with van der Waals surface area (Å²) in [6.45, 7) is 1.91. The van der Waals surface area contributed by atoms with Gasteiger partial charge in [0.05, 0.1) is 4.90 Å². The molecule has 0 saturated carbocycles. The van der Waals surface area contributed by atoms with Crippen LogP contribution in [0.5, 0.6) is 0 Å². The molecular formula is C10H13FN4O2S. The molecule has 1 aromatic rings. The normalized spacial score (nSPS) is 11.0. The molecule has 0 aliphatic heterocycles. The van der Waals surface area contributed by atoms with Gasteiger partial charge in [0.1, 0.15) is 5.82 Å². The Morgan fingerprint density at radius 2 is 2.22 bits per heavy atom. The van der Waals surface area contributed by atoms with Crippen LogP contribution in [0, 0.1) is 12.7 Å². The predicted molar refractivity (Wildman–Crippen MR) is 65.0 cm³/mol. The lowest BCUT2D eigenvalue weighted by atomic mass is 10.2. The van der Waals surface area contributed by atoms with E-state index in [0.717, 1.165) is 12.1 Å². The van der Waals surface area contributed by atoms with E-state index in [1.165, 1.54) is 13.0 Å².